The van der Waals surface area contributed by atoms with Gasteiger partial charge in [-0.2, -0.15) is 0 Å². The van der Waals surface area contributed by atoms with Crippen LogP contribution in [0.4, 0.5) is 5.69 Å². The van der Waals surface area contributed by atoms with E-state index in [-0.39, 0.29) is 24.1 Å². The van der Waals surface area contributed by atoms with E-state index in [1.807, 2.05) is 11.0 Å². The van der Waals surface area contributed by atoms with E-state index >= 15 is 0 Å². The van der Waals surface area contributed by atoms with Gasteiger partial charge in [-0.05, 0) is 30.3 Å². The SMILES string of the molecule is O=C(CN1CCN(C(=O)c2ccco2)CC1)Nc1ccc(Cl)cc1C(=O)c1ccccc1. The van der Waals surface area contributed by atoms with Crippen molar-refractivity contribution in [2.45, 2.75) is 0 Å². The average molecular weight is 452 g/mol. The first-order chi connectivity index (χ1) is 15.5. The van der Waals surface area contributed by atoms with E-state index in [0.29, 0.717) is 53.8 Å². The molecule has 1 saturated heterocycles. The van der Waals surface area contributed by atoms with Crippen molar-refractivity contribution in [1.29, 1.82) is 0 Å². The van der Waals surface area contributed by atoms with Gasteiger partial charge in [0, 0.05) is 42.3 Å². The summed E-state index contributed by atoms with van der Waals surface area (Å²) < 4.78 is 5.17. The van der Waals surface area contributed by atoms with Crippen LogP contribution in [0, 0.1) is 0 Å². The Balaban J connectivity index is 1.37. The summed E-state index contributed by atoms with van der Waals surface area (Å²) >= 11 is 6.10. The maximum absolute atomic E-state index is 12.9. The maximum atomic E-state index is 12.9. The zero-order valence-corrected chi connectivity index (χ0v) is 18.0. The molecule has 3 aromatic rings. The Kier molecular flexibility index (Phi) is 6.68. The minimum absolute atomic E-state index is 0.149. The van der Waals surface area contributed by atoms with Crippen molar-refractivity contribution in [3.8, 4) is 0 Å². The summed E-state index contributed by atoms with van der Waals surface area (Å²) in [6.45, 7) is 2.30. The number of hydrogen-bond acceptors (Lipinski definition) is 5. The summed E-state index contributed by atoms with van der Waals surface area (Å²) in [5, 5.41) is 3.25. The lowest BCUT2D eigenvalue weighted by Crippen LogP contribution is -2.50. The molecule has 0 unspecified atom stereocenters. The molecule has 4 rings (SSSR count). The molecule has 1 aliphatic heterocycles. The standard InChI is InChI=1S/C24H22ClN3O4/c25-18-8-9-20(19(15-18)23(30)17-5-2-1-3-6-17)26-22(29)16-27-10-12-28(13-11-27)24(31)21-7-4-14-32-21/h1-9,14-15H,10-13,16H2,(H,26,29). The molecule has 0 spiro atoms. The number of nitrogens with zero attached hydrogens (tertiary/aromatic N) is 2. The zero-order chi connectivity index (χ0) is 22.5. The van der Waals surface area contributed by atoms with E-state index in [1.54, 1.807) is 59.5 Å². The number of piperazine rings is 1. The molecule has 2 aromatic carbocycles. The van der Waals surface area contributed by atoms with E-state index in [4.69, 9.17) is 16.0 Å². The molecule has 32 heavy (non-hydrogen) atoms. The molecule has 1 aromatic heterocycles. The largest absolute Gasteiger partial charge is 0.459 e. The van der Waals surface area contributed by atoms with Crippen molar-refractivity contribution < 1.29 is 18.8 Å². The van der Waals surface area contributed by atoms with Gasteiger partial charge in [-0.25, -0.2) is 0 Å². The fourth-order valence-corrected chi connectivity index (χ4v) is 3.79. The Hall–Kier alpha value is -3.42. The van der Waals surface area contributed by atoms with Gasteiger partial charge in [-0.15, -0.1) is 0 Å². The smallest absolute Gasteiger partial charge is 0.289 e. The van der Waals surface area contributed by atoms with Crippen molar-refractivity contribution in [3.05, 3.63) is 88.8 Å². The third kappa shape index (κ3) is 5.07. The molecule has 0 radical (unpaired) electrons. The lowest BCUT2D eigenvalue weighted by atomic mass is 10.0. The number of furan rings is 1. The van der Waals surface area contributed by atoms with Crippen LogP contribution in [0.15, 0.2) is 71.3 Å². The number of rotatable bonds is 6. The lowest BCUT2D eigenvalue weighted by Gasteiger charge is -2.33. The molecule has 1 aliphatic rings. The van der Waals surface area contributed by atoms with Crippen LogP contribution >= 0.6 is 11.6 Å². The van der Waals surface area contributed by atoms with E-state index in [1.165, 1.54) is 6.26 Å². The van der Waals surface area contributed by atoms with Crippen LogP contribution in [-0.2, 0) is 4.79 Å². The van der Waals surface area contributed by atoms with Crippen LogP contribution in [0.5, 0.6) is 0 Å². The summed E-state index contributed by atoms with van der Waals surface area (Å²) in [6.07, 6.45) is 1.47. The summed E-state index contributed by atoms with van der Waals surface area (Å²) in [4.78, 5) is 41.7. The molecule has 7 nitrogen and oxygen atoms in total. The Morgan fingerprint density at radius 3 is 2.38 bits per heavy atom. The van der Waals surface area contributed by atoms with Gasteiger partial charge in [-0.3, -0.25) is 19.3 Å². The molecule has 0 aliphatic carbocycles. The van der Waals surface area contributed by atoms with Crippen LogP contribution in [0.3, 0.4) is 0 Å². The lowest BCUT2D eigenvalue weighted by molar-refractivity contribution is -0.117. The molecular weight excluding hydrogens is 430 g/mol. The molecule has 2 amide bonds. The van der Waals surface area contributed by atoms with Crippen LogP contribution < -0.4 is 5.32 Å². The van der Waals surface area contributed by atoms with Gasteiger partial charge in [0.25, 0.3) is 5.91 Å². The number of halogens is 1. The predicted octanol–water partition coefficient (Wildman–Crippen LogP) is 3.56. The molecule has 2 heterocycles. The minimum atomic E-state index is -0.236. The van der Waals surface area contributed by atoms with E-state index in [2.05, 4.69) is 5.32 Å². The van der Waals surface area contributed by atoms with Gasteiger partial charge in [0.05, 0.1) is 18.5 Å². The van der Waals surface area contributed by atoms with E-state index in [9.17, 15) is 14.4 Å². The number of benzene rings is 2. The van der Waals surface area contributed by atoms with E-state index in [0.717, 1.165) is 0 Å². The van der Waals surface area contributed by atoms with Crippen molar-refractivity contribution in [3.63, 3.8) is 0 Å². The van der Waals surface area contributed by atoms with Gasteiger partial charge in [-0.1, -0.05) is 41.9 Å². The van der Waals surface area contributed by atoms with Gasteiger partial charge in [0.1, 0.15) is 0 Å². The fraction of sp³-hybridized carbons (Fsp3) is 0.208. The number of ketones is 1. The minimum Gasteiger partial charge on any atom is -0.459 e. The van der Waals surface area contributed by atoms with Crippen molar-refractivity contribution >= 4 is 34.9 Å². The highest BCUT2D eigenvalue weighted by molar-refractivity contribution is 6.31. The number of anilines is 1. The molecule has 0 saturated carbocycles. The molecular formula is C24H22ClN3O4. The topological polar surface area (TPSA) is 82.9 Å². The summed E-state index contributed by atoms with van der Waals surface area (Å²) in [7, 11) is 0. The third-order valence-electron chi connectivity index (χ3n) is 5.29. The van der Waals surface area contributed by atoms with Crippen LogP contribution in [0.1, 0.15) is 26.5 Å². The Morgan fingerprint density at radius 2 is 1.69 bits per heavy atom. The maximum Gasteiger partial charge on any atom is 0.289 e. The fourth-order valence-electron chi connectivity index (χ4n) is 3.62. The first-order valence-corrected chi connectivity index (χ1v) is 10.6. The molecule has 0 bridgehead atoms. The highest BCUT2D eigenvalue weighted by Crippen LogP contribution is 2.24. The van der Waals surface area contributed by atoms with Crippen molar-refractivity contribution in [2.24, 2.45) is 0 Å². The van der Waals surface area contributed by atoms with Gasteiger partial charge in [0.15, 0.2) is 11.5 Å². The van der Waals surface area contributed by atoms with Gasteiger partial charge >= 0.3 is 0 Å². The Bertz CT molecular complexity index is 1110. The second kappa shape index (κ2) is 9.80. The normalized spacial score (nSPS) is 14.2. The van der Waals surface area contributed by atoms with Crippen LogP contribution in [-0.4, -0.2) is 60.1 Å². The molecule has 1 N–H and O–H groups in total. The number of carbonyl (C=O) groups excluding carboxylic acids is 3. The summed E-state index contributed by atoms with van der Waals surface area (Å²) in [5.74, 6) is -0.285. The summed E-state index contributed by atoms with van der Waals surface area (Å²) in [6, 6.07) is 17.0. The van der Waals surface area contributed by atoms with E-state index < -0.39 is 0 Å². The number of hydrogen-bond donors (Lipinski definition) is 1. The Labute approximate surface area is 190 Å². The Morgan fingerprint density at radius 1 is 0.938 bits per heavy atom. The van der Waals surface area contributed by atoms with Gasteiger partial charge < -0.3 is 14.6 Å². The second-order valence-corrected chi connectivity index (χ2v) is 7.92. The third-order valence-corrected chi connectivity index (χ3v) is 5.53. The molecule has 1 fully saturated rings. The second-order valence-electron chi connectivity index (χ2n) is 7.48. The number of amides is 2. The first kappa shape index (κ1) is 21.8. The molecule has 8 heteroatoms. The first-order valence-electron chi connectivity index (χ1n) is 10.3. The monoisotopic (exact) mass is 451 g/mol. The van der Waals surface area contributed by atoms with Crippen LogP contribution in [0.25, 0.3) is 0 Å². The summed E-state index contributed by atoms with van der Waals surface area (Å²) in [5.41, 5.74) is 1.27. The van der Waals surface area contributed by atoms with Gasteiger partial charge in [0.2, 0.25) is 5.91 Å². The number of carbonyl (C=O) groups is 3. The highest BCUT2D eigenvalue weighted by atomic mass is 35.5. The number of nitrogens with one attached hydrogen (secondary N) is 1. The van der Waals surface area contributed by atoms with Crippen molar-refractivity contribution in [2.75, 3.05) is 38.0 Å². The molecule has 164 valence electrons. The average Bonchev–Trinajstić information content (AvgIpc) is 3.35. The van der Waals surface area contributed by atoms with Crippen molar-refractivity contribution in [1.82, 2.24) is 9.80 Å². The quantitative estimate of drug-likeness (QED) is 0.579. The predicted molar refractivity (Wildman–Crippen MR) is 121 cm³/mol. The zero-order valence-electron chi connectivity index (χ0n) is 17.3. The highest BCUT2D eigenvalue weighted by Gasteiger charge is 2.25. The van der Waals surface area contributed by atoms with Crippen LogP contribution in [0.2, 0.25) is 5.02 Å². The molecule has 0 atom stereocenters.